The molecule has 0 saturated carbocycles. The zero-order valence-corrected chi connectivity index (χ0v) is 20.1. The summed E-state index contributed by atoms with van der Waals surface area (Å²) < 4.78 is 34.9. The van der Waals surface area contributed by atoms with Gasteiger partial charge in [-0.25, -0.2) is 13.8 Å². The largest absolute Gasteiger partial charge is 0.438 e. The van der Waals surface area contributed by atoms with Crippen LogP contribution in [0.5, 0.6) is 11.6 Å². The molecule has 5 nitrogen and oxygen atoms in total. The van der Waals surface area contributed by atoms with Crippen molar-refractivity contribution in [3.05, 3.63) is 76.7 Å². The van der Waals surface area contributed by atoms with Gasteiger partial charge in [0.05, 0.1) is 5.69 Å². The SMILES string of the molecule is CCCC(CC(CCC)c1ccccc1)C(=O)Nc1cc(F)c(Oc2ccnc(=S)[nH]2)cc1F. The van der Waals surface area contributed by atoms with Crippen LogP contribution >= 0.6 is 12.2 Å². The second kappa shape index (κ2) is 12.4. The molecule has 0 saturated heterocycles. The number of amides is 1. The zero-order chi connectivity index (χ0) is 24.5. The maximum atomic E-state index is 14.8. The highest BCUT2D eigenvalue weighted by atomic mass is 32.1. The molecule has 2 N–H and O–H groups in total. The lowest BCUT2D eigenvalue weighted by atomic mass is 9.83. The summed E-state index contributed by atoms with van der Waals surface area (Å²) in [5, 5.41) is 2.59. The number of aromatic nitrogens is 2. The van der Waals surface area contributed by atoms with Crippen LogP contribution in [-0.2, 0) is 4.79 Å². The van der Waals surface area contributed by atoms with E-state index >= 15 is 0 Å². The van der Waals surface area contributed by atoms with Gasteiger partial charge >= 0.3 is 0 Å². The lowest BCUT2D eigenvalue weighted by Gasteiger charge is -2.23. The van der Waals surface area contributed by atoms with E-state index in [1.807, 2.05) is 25.1 Å². The van der Waals surface area contributed by atoms with E-state index in [0.29, 0.717) is 12.8 Å². The molecule has 34 heavy (non-hydrogen) atoms. The molecule has 2 unspecified atom stereocenters. The van der Waals surface area contributed by atoms with Crippen LogP contribution in [0, 0.1) is 22.3 Å². The second-order valence-electron chi connectivity index (χ2n) is 8.21. The van der Waals surface area contributed by atoms with E-state index in [4.69, 9.17) is 17.0 Å². The summed E-state index contributed by atoms with van der Waals surface area (Å²) in [7, 11) is 0. The van der Waals surface area contributed by atoms with E-state index in [2.05, 4.69) is 34.3 Å². The topological polar surface area (TPSA) is 67.0 Å². The molecular formula is C26H29F2N3O2S. The van der Waals surface area contributed by atoms with Crippen LogP contribution in [0.3, 0.4) is 0 Å². The van der Waals surface area contributed by atoms with Crippen LogP contribution in [0.25, 0.3) is 0 Å². The fourth-order valence-electron chi connectivity index (χ4n) is 4.01. The Kier molecular flexibility index (Phi) is 9.27. The summed E-state index contributed by atoms with van der Waals surface area (Å²) in [5.41, 5.74) is 0.970. The van der Waals surface area contributed by atoms with Crippen molar-refractivity contribution in [2.45, 2.75) is 51.9 Å². The van der Waals surface area contributed by atoms with Crippen molar-refractivity contribution in [3.8, 4) is 11.6 Å². The van der Waals surface area contributed by atoms with Crippen LogP contribution in [-0.4, -0.2) is 15.9 Å². The van der Waals surface area contributed by atoms with Gasteiger partial charge in [0.15, 0.2) is 22.2 Å². The predicted molar refractivity (Wildman–Crippen MR) is 132 cm³/mol. The monoisotopic (exact) mass is 485 g/mol. The molecule has 3 aromatic rings. The molecule has 0 fully saturated rings. The Bertz CT molecular complexity index is 1150. The number of ether oxygens (including phenoxy) is 1. The maximum Gasteiger partial charge on any atom is 0.227 e. The van der Waals surface area contributed by atoms with Gasteiger partial charge in [-0.15, -0.1) is 0 Å². The van der Waals surface area contributed by atoms with Gasteiger partial charge in [-0.2, -0.15) is 0 Å². The number of hydrogen-bond acceptors (Lipinski definition) is 4. The van der Waals surface area contributed by atoms with Crippen LogP contribution in [0.1, 0.15) is 57.4 Å². The van der Waals surface area contributed by atoms with E-state index in [1.54, 1.807) is 0 Å². The van der Waals surface area contributed by atoms with E-state index in [9.17, 15) is 13.6 Å². The second-order valence-corrected chi connectivity index (χ2v) is 8.60. The molecule has 1 heterocycles. The van der Waals surface area contributed by atoms with E-state index in [-0.39, 0.29) is 39.8 Å². The van der Waals surface area contributed by atoms with Crippen molar-refractivity contribution in [3.63, 3.8) is 0 Å². The summed E-state index contributed by atoms with van der Waals surface area (Å²) in [6.45, 7) is 4.13. The Hall–Kier alpha value is -3.13. The number of nitrogens with one attached hydrogen (secondary N) is 2. The first-order valence-electron chi connectivity index (χ1n) is 11.5. The molecule has 0 radical (unpaired) electrons. The number of halogens is 2. The standard InChI is InChI=1S/C26H29F2N3O2S/c1-3-8-18(17-10-6-5-7-11-17)14-19(9-4-2)25(32)30-22-15-21(28)23(16-20(22)27)33-24-12-13-29-26(34)31-24/h5-7,10-13,15-16,18-19H,3-4,8-9,14H2,1-2H3,(H,30,32)(H,29,31,34). The van der Waals surface area contributed by atoms with Gasteiger partial charge in [0.2, 0.25) is 11.8 Å². The first-order chi connectivity index (χ1) is 16.4. The first kappa shape index (κ1) is 25.5. The molecule has 0 aliphatic carbocycles. The van der Waals surface area contributed by atoms with Gasteiger partial charge in [0.1, 0.15) is 0 Å². The summed E-state index contributed by atoms with van der Waals surface area (Å²) >= 11 is 4.90. The van der Waals surface area contributed by atoms with Crippen molar-refractivity contribution in [1.29, 1.82) is 0 Å². The maximum absolute atomic E-state index is 14.8. The fourth-order valence-corrected chi connectivity index (χ4v) is 4.17. The van der Waals surface area contributed by atoms with Crippen LogP contribution in [0.2, 0.25) is 0 Å². The van der Waals surface area contributed by atoms with Gasteiger partial charge in [0.25, 0.3) is 0 Å². The number of carbonyl (C=O) groups excluding carboxylic acids is 1. The minimum Gasteiger partial charge on any atom is -0.438 e. The van der Waals surface area contributed by atoms with Crippen LogP contribution < -0.4 is 10.1 Å². The van der Waals surface area contributed by atoms with Crippen molar-refractivity contribution >= 4 is 23.8 Å². The molecule has 1 amide bonds. The highest BCUT2D eigenvalue weighted by Gasteiger charge is 2.24. The molecule has 0 bridgehead atoms. The van der Waals surface area contributed by atoms with Crippen LogP contribution in [0.15, 0.2) is 54.7 Å². The van der Waals surface area contributed by atoms with Crippen molar-refractivity contribution in [2.24, 2.45) is 5.92 Å². The molecule has 3 rings (SSSR count). The summed E-state index contributed by atoms with van der Waals surface area (Å²) in [6, 6.07) is 13.4. The number of nitrogens with zero attached hydrogens (tertiary/aromatic N) is 1. The minimum absolute atomic E-state index is 0.126. The average molecular weight is 486 g/mol. The quantitative estimate of drug-likeness (QED) is 0.275. The summed E-state index contributed by atoms with van der Waals surface area (Å²) in [6.07, 6.45) is 5.44. The molecule has 2 atom stereocenters. The summed E-state index contributed by atoms with van der Waals surface area (Å²) in [5.74, 6) is -2.22. The average Bonchev–Trinajstić information content (AvgIpc) is 2.82. The Morgan fingerprint density at radius 2 is 1.82 bits per heavy atom. The smallest absolute Gasteiger partial charge is 0.227 e. The Morgan fingerprint density at radius 1 is 1.09 bits per heavy atom. The van der Waals surface area contributed by atoms with Crippen molar-refractivity contribution < 1.29 is 18.3 Å². The molecule has 1 aromatic heterocycles. The fraction of sp³-hybridized carbons (Fsp3) is 0.346. The lowest BCUT2D eigenvalue weighted by molar-refractivity contribution is -0.120. The predicted octanol–water partition coefficient (Wildman–Crippen LogP) is 7.54. The Labute approximate surface area is 203 Å². The van der Waals surface area contributed by atoms with Crippen LogP contribution in [0.4, 0.5) is 14.5 Å². The molecule has 0 spiro atoms. The molecule has 0 aliphatic rings. The number of benzene rings is 2. The Balaban J connectivity index is 1.76. The van der Waals surface area contributed by atoms with Crippen molar-refractivity contribution in [2.75, 3.05) is 5.32 Å². The number of rotatable bonds is 11. The highest BCUT2D eigenvalue weighted by molar-refractivity contribution is 7.71. The van der Waals surface area contributed by atoms with E-state index in [0.717, 1.165) is 31.4 Å². The molecule has 8 heteroatoms. The zero-order valence-electron chi connectivity index (χ0n) is 19.3. The Morgan fingerprint density at radius 3 is 2.50 bits per heavy atom. The van der Waals surface area contributed by atoms with E-state index in [1.165, 1.54) is 17.8 Å². The number of H-pyrrole nitrogens is 1. The lowest BCUT2D eigenvalue weighted by Crippen LogP contribution is -2.25. The number of hydrogen-bond donors (Lipinski definition) is 2. The third-order valence-corrected chi connectivity index (χ3v) is 5.84. The normalized spacial score (nSPS) is 12.7. The third kappa shape index (κ3) is 6.93. The van der Waals surface area contributed by atoms with E-state index < -0.39 is 11.6 Å². The molecule has 2 aromatic carbocycles. The summed E-state index contributed by atoms with van der Waals surface area (Å²) in [4.78, 5) is 19.6. The van der Waals surface area contributed by atoms with Gasteiger partial charge < -0.3 is 15.0 Å². The number of carbonyl (C=O) groups is 1. The van der Waals surface area contributed by atoms with Gasteiger partial charge in [-0.3, -0.25) is 4.79 Å². The van der Waals surface area contributed by atoms with Gasteiger partial charge in [-0.05, 0) is 43.0 Å². The van der Waals surface area contributed by atoms with Crippen molar-refractivity contribution in [1.82, 2.24) is 9.97 Å². The minimum atomic E-state index is -0.812. The molecule has 0 aliphatic heterocycles. The first-order valence-corrected chi connectivity index (χ1v) is 11.9. The molecule has 180 valence electrons. The third-order valence-electron chi connectivity index (χ3n) is 5.63. The number of anilines is 1. The molecular weight excluding hydrogens is 456 g/mol. The highest BCUT2D eigenvalue weighted by Crippen LogP contribution is 2.32. The number of aromatic amines is 1. The van der Waals surface area contributed by atoms with Gasteiger partial charge in [0, 0.05) is 30.3 Å². The van der Waals surface area contributed by atoms with Gasteiger partial charge in [-0.1, -0.05) is 57.0 Å².